The van der Waals surface area contributed by atoms with Gasteiger partial charge in [-0.15, -0.1) is 0 Å². The second kappa shape index (κ2) is 8.69. The lowest BCUT2D eigenvalue weighted by Crippen LogP contribution is -2.43. The minimum atomic E-state index is -0.728. The van der Waals surface area contributed by atoms with Crippen molar-refractivity contribution >= 4 is 21.9 Å². The van der Waals surface area contributed by atoms with Gasteiger partial charge in [-0.2, -0.15) is 0 Å². The molecule has 0 aromatic heterocycles. The number of aliphatic carboxylic acids is 1. The largest absolute Gasteiger partial charge is 0.494 e. The molecule has 128 valence electrons. The predicted molar refractivity (Wildman–Crippen MR) is 95.0 cm³/mol. The summed E-state index contributed by atoms with van der Waals surface area (Å²) in [6.45, 7) is 6.00. The lowest BCUT2D eigenvalue weighted by molar-refractivity contribution is -0.139. The van der Waals surface area contributed by atoms with E-state index in [1.165, 1.54) is 5.56 Å². The Kier molecular flexibility index (Phi) is 6.90. The average molecular weight is 384 g/mol. The van der Waals surface area contributed by atoms with Crippen LogP contribution in [0.25, 0.3) is 0 Å². The van der Waals surface area contributed by atoms with E-state index in [2.05, 4.69) is 40.7 Å². The first kappa shape index (κ1) is 18.3. The topological polar surface area (TPSA) is 49.8 Å². The molecule has 5 heteroatoms. The summed E-state index contributed by atoms with van der Waals surface area (Å²) >= 11 is 3.49. The van der Waals surface area contributed by atoms with Crippen molar-refractivity contribution in [2.24, 2.45) is 5.92 Å². The van der Waals surface area contributed by atoms with E-state index < -0.39 is 5.97 Å². The van der Waals surface area contributed by atoms with E-state index in [9.17, 15) is 4.79 Å². The Morgan fingerprint density at radius 2 is 2.26 bits per heavy atom. The van der Waals surface area contributed by atoms with Crippen molar-refractivity contribution in [3.8, 4) is 5.75 Å². The van der Waals surface area contributed by atoms with Gasteiger partial charge in [-0.05, 0) is 75.8 Å². The fourth-order valence-corrected chi connectivity index (χ4v) is 3.50. The molecule has 0 radical (unpaired) electrons. The molecule has 1 aliphatic rings. The van der Waals surface area contributed by atoms with Gasteiger partial charge in [0, 0.05) is 10.5 Å². The van der Waals surface area contributed by atoms with Gasteiger partial charge in [0.1, 0.15) is 5.75 Å². The van der Waals surface area contributed by atoms with Crippen molar-refractivity contribution in [2.75, 3.05) is 19.7 Å². The number of likely N-dealkylation sites (tertiary alicyclic amines) is 1. The smallest absolute Gasteiger partial charge is 0.317 e. The zero-order chi connectivity index (χ0) is 16.8. The summed E-state index contributed by atoms with van der Waals surface area (Å²) < 4.78 is 6.93. The van der Waals surface area contributed by atoms with Gasteiger partial charge in [0.15, 0.2) is 0 Å². The Balaban J connectivity index is 1.67. The number of halogens is 1. The molecule has 2 rings (SSSR count). The summed E-state index contributed by atoms with van der Waals surface area (Å²) in [5.74, 6) is 0.883. The third-order valence-electron chi connectivity index (χ3n) is 4.62. The fraction of sp³-hybridized carbons (Fsp3) is 0.611. The minimum absolute atomic E-state index is 0.167. The third kappa shape index (κ3) is 5.81. The number of aryl methyl sites for hydroxylation is 1. The van der Waals surface area contributed by atoms with Gasteiger partial charge in [-0.3, -0.25) is 9.69 Å². The molecule has 1 aromatic rings. The number of hydrogen-bond donors (Lipinski definition) is 1. The van der Waals surface area contributed by atoms with Crippen LogP contribution in [-0.4, -0.2) is 41.7 Å². The molecule has 4 nitrogen and oxygen atoms in total. The van der Waals surface area contributed by atoms with Crippen LogP contribution in [0, 0.1) is 12.8 Å². The fourth-order valence-electron chi connectivity index (χ4n) is 3.26. The Hall–Kier alpha value is -1.07. The van der Waals surface area contributed by atoms with Gasteiger partial charge in [0.05, 0.1) is 13.2 Å². The van der Waals surface area contributed by atoms with Crippen LogP contribution >= 0.6 is 15.9 Å². The summed E-state index contributed by atoms with van der Waals surface area (Å²) in [5, 5.41) is 8.91. The average Bonchev–Trinajstić information content (AvgIpc) is 2.49. The molecule has 23 heavy (non-hydrogen) atoms. The van der Waals surface area contributed by atoms with E-state index in [-0.39, 0.29) is 6.54 Å². The molecule has 1 saturated heterocycles. The van der Waals surface area contributed by atoms with E-state index in [1.54, 1.807) is 0 Å². The molecule has 1 heterocycles. The summed E-state index contributed by atoms with van der Waals surface area (Å²) in [6.07, 6.45) is 4.38. The highest BCUT2D eigenvalue weighted by Crippen LogP contribution is 2.27. The maximum absolute atomic E-state index is 10.8. The van der Waals surface area contributed by atoms with Gasteiger partial charge in [0.2, 0.25) is 0 Å². The maximum Gasteiger partial charge on any atom is 0.317 e. The second-order valence-corrected chi connectivity index (χ2v) is 7.36. The van der Waals surface area contributed by atoms with Crippen LogP contribution in [0.4, 0.5) is 0 Å². The number of carboxylic acids is 1. The van der Waals surface area contributed by atoms with Crippen LogP contribution in [0.1, 0.15) is 38.2 Å². The van der Waals surface area contributed by atoms with Crippen molar-refractivity contribution in [1.82, 2.24) is 4.90 Å². The highest BCUT2D eigenvalue weighted by molar-refractivity contribution is 9.10. The number of piperidine rings is 1. The normalized spacial score (nSPS) is 22.0. The Morgan fingerprint density at radius 3 is 2.91 bits per heavy atom. The molecular weight excluding hydrogens is 358 g/mol. The van der Waals surface area contributed by atoms with E-state index in [0.717, 1.165) is 49.1 Å². The standard InChI is InChI=1S/C18H26BrNO3/c1-13-10-16(5-6-17(13)19)23-9-3-4-15-7-8-20(12-18(21)22)14(2)11-15/h5-6,10,14-15H,3-4,7-9,11-12H2,1-2H3,(H,21,22)/t14-,15-/m1/s1. The number of rotatable bonds is 7. The summed E-state index contributed by atoms with van der Waals surface area (Å²) in [5.41, 5.74) is 1.18. The molecule has 0 saturated carbocycles. The SMILES string of the molecule is Cc1cc(OCCC[C@@H]2CCN(CC(=O)O)[C@H](C)C2)ccc1Br. The van der Waals surface area contributed by atoms with Crippen molar-refractivity contribution in [3.05, 3.63) is 28.2 Å². The Morgan fingerprint density at radius 1 is 1.48 bits per heavy atom. The van der Waals surface area contributed by atoms with Gasteiger partial charge in [0.25, 0.3) is 0 Å². The zero-order valence-corrected chi connectivity index (χ0v) is 15.5. The molecule has 0 aliphatic carbocycles. The van der Waals surface area contributed by atoms with Crippen LogP contribution in [-0.2, 0) is 4.79 Å². The Bertz CT molecular complexity index is 535. The number of carboxylic acid groups (broad SMARTS) is 1. The number of nitrogens with zero attached hydrogens (tertiary/aromatic N) is 1. The molecule has 1 N–H and O–H groups in total. The van der Waals surface area contributed by atoms with E-state index in [1.807, 2.05) is 12.1 Å². The monoisotopic (exact) mass is 383 g/mol. The molecule has 1 fully saturated rings. The van der Waals surface area contributed by atoms with E-state index >= 15 is 0 Å². The summed E-state index contributed by atoms with van der Waals surface area (Å²) in [6, 6.07) is 6.42. The highest BCUT2D eigenvalue weighted by Gasteiger charge is 2.26. The van der Waals surface area contributed by atoms with Crippen LogP contribution in [0.15, 0.2) is 22.7 Å². The Labute approximate surface area is 147 Å². The van der Waals surface area contributed by atoms with Crippen molar-refractivity contribution in [3.63, 3.8) is 0 Å². The van der Waals surface area contributed by atoms with Gasteiger partial charge < -0.3 is 9.84 Å². The predicted octanol–water partition coefficient (Wildman–Crippen LogP) is 4.10. The molecule has 2 atom stereocenters. The van der Waals surface area contributed by atoms with E-state index in [4.69, 9.17) is 9.84 Å². The first-order valence-corrected chi connectivity index (χ1v) is 9.10. The van der Waals surface area contributed by atoms with Crippen LogP contribution < -0.4 is 4.74 Å². The zero-order valence-electron chi connectivity index (χ0n) is 13.9. The summed E-state index contributed by atoms with van der Waals surface area (Å²) in [4.78, 5) is 12.9. The molecule has 0 bridgehead atoms. The molecule has 0 unspecified atom stereocenters. The number of hydrogen-bond acceptors (Lipinski definition) is 3. The van der Waals surface area contributed by atoms with Crippen molar-refractivity contribution < 1.29 is 14.6 Å². The molecular formula is C18H26BrNO3. The second-order valence-electron chi connectivity index (χ2n) is 6.51. The maximum atomic E-state index is 10.8. The van der Waals surface area contributed by atoms with Crippen LogP contribution in [0.3, 0.4) is 0 Å². The third-order valence-corrected chi connectivity index (χ3v) is 5.51. The molecule has 0 amide bonds. The lowest BCUT2D eigenvalue weighted by atomic mass is 9.88. The first-order chi connectivity index (χ1) is 11.0. The number of carbonyl (C=O) groups is 1. The van der Waals surface area contributed by atoms with Gasteiger partial charge in [-0.1, -0.05) is 15.9 Å². The first-order valence-electron chi connectivity index (χ1n) is 8.30. The van der Waals surface area contributed by atoms with Crippen LogP contribution in [0.5, 0.6) is 5.75 Å². The summed E-state index contributed by atoms with van der Waals surface area (Å²) in [7, 11) is 0. The van der Waals surface area contributed by atoms with Crippen molar-refractivity contribution in [2.45, 2.75) is 45.6 Å². The lowest BCUT2D eigenvalue weighted by Gasteiger charge is -2.36. The number of ether oxygens (including phenoxy) is 1. The number of benzene rings is 1. The van der Waals surface area contributed by atoms with Crippen molar-refractivity contribution in [1.29, 1.82) is 0 Å². The quantitative estimate of drug-likeness (QED) is 0.719. The highest BCUT2D eigenvalue weighted by atomic mass is 79.9. The van der Waals surface area contributed by atoms with E-state index in [0.29, 0.717) is 12.0 Å². The van der Waals surface area contributed by atoms with Crippen LogP contribution in [0.2, 0.25) is 0 Å². The van der Waals surface area contributed by atoms with Gasteiger partial charge >= 0.3 is 5.97 Å². The molecule has 1 aliphatic heterocycles. The molecule has 0 spiro atoms. The molecule has 1 aromatic carbocycles. The minimum Gasteiger partial charge on any atom is -0.494 e. The van der Waals surface area contributed by atoms with Gasteiger partial charge in [-0.25, -0.2) is 0 Å².